The molecule has 0 spiro atoms. The van der Waals surface area contributed by atoms with Gasteiger partial charge in [-0.05, 0) is 6.07 Å². The van der Waals surface area contributed by atoms with Crippen LogP contribution in [0.1, 0.15) is 28.9 Å². The Balaban J connectivity index is 2.87. The van der Waals surface area contributed by atoms with E-state index < -0.39 is 29.7 Å². The predicted molar refractivity (Wildman–Crippen MR) is 65.3 cm³/mol. The summed E-state index contributed by atoms with van der Waals surface area (Å²) in [5, 5.41) is 27.9. The highest BCUT2D eigenvalue weighted by molar-refractivity contribution is 8.13. The predicted octanol–water partition coefficient (Wildman–Crippen LogP) is 0.593. The van der Waals surface area contributed by atoms with Crippen molar-refractivity contribution in [3.8, 4) is 0 Å². The third kappa shape index (κ3) is 4.27. The Labute approximate surface area is 112 Å². The molecule has 104 valence electrons. The monoisotopic (exact) mass is 289 g/mol. The lowest BCUT2D eigenvalue weighted by molar-refractivity contribution is -0.109. The summed E-state index contributed by atoms with van der Waals surface area (Å²) in [6.07, 6.45) is -1.80. The summed E-state index contributed by atoms with van der Waals surface area (Å²) < 4.78 is 13.1. The van der Waals surface area contributed by atoms with Gasteiger partial charge in [0.15, 0.2) is 5.12 Å². The first-order valence-corrected chi connectivity index (χ1v) is 6.19. The highest BCUT2D eigenvalue weighted by Gasteiger charge is 2.22. The Bertz CT molecular complexity index is 496. The molecule has 2 atom stereocenters. The number of aromatic nitrogens is 1. The van der Waals surface area contributed by atoms with E-state index in [0.29, 0.717) is 0 Å². The number of aliphatic hydroxyl groups is 2. The molecule has 19 heavy (non-hydrogen) atoms. The summed E-state index contributed by atoms with van der Waals surface area (Å²) in [5.41, 5.74) is -0.724. The van der Waals surface area contributed by atoms with Crippen LogP contribution in [0, 0.1) is 5.95 Å². The van der Waals surface area contributed by atoms with Gasteiger partial charge in [0.1, 0.15) is 11.7 Å². The van der Waals surface area contributed by atoms with Gasteiger partial charge < -0.3 is 15.3 Å². The number of carbonyl (C=O) groups excluding carboxylic acids is 1. The fraction of sp³-hybridized carbons (Fsp3) is 0.364. The number of carboxylic acid groups (broad SMARTS) is 1. The molecule has 1 rings (SSSR count). The summed E-state index contributed by atoms with van der Waals surface area (Å²) in [6.45, 7) is 1.31. The molecule has 0 saturated carbocycles. The van der Waals surface area contributed by atoms with Crippen molar-refractivity contribution >= 4 is 22.8 Å². The number of thioether (sulfide) groups is 1. The highest BCUT2D eigenvalue weighted by atomic mass is 32.2. The molecule has 0 bridgehead atoms. The van der Waals surface area contributed by atoms with E-state index in [4.69, 9.17) is 5.11 Å². The lowest BCUT2D eigenvalue weighted by Gasteiger charge is -2.17. The number of carboxylic acids is 1. The molecule has 6 nitrogen and oxygen atoms in total. The Morgan fingerprint density at radius 3 is 2.63 bits per heavy atom. The van der Waals surface area contributed by atoms with Crippen LogP contribution in [0.4, 0.5) is 4.39 Å². The van der Waals surface area contributed by atoms with Crippen LogP contribution < -0.4 is 0 Å². The topological polar surface area (TPSA) is 108 Å². The van der Waals surface area contributed by atoms with Crippen molar-refractivity contribution in [1.29, 1.82) is 0 Å². The minimum Gasteiger partial charge on any atom is -0.478 e. The van der Waals surface area contributed by atoms with Gasteiger partial charge in [0.2, 0.25) is 5.95 Å². The standard InChI is InChI=1S/C11H12FNO5S/c1-5(14)19-4-8(15)9(16)6-2-7(11(17)18)10(12)13-3-6/h2-3,8-9,15-16H,4H2,1H3,(H,17,18). The molecule has 0 aromatic carbocycles. The number of aromatic carboxylic acids is 1. The van der Waals surface area contributed by atoms with Gasteiger partial charge in [-0.3, -0.25) is 4.79 Å². The lowest BCUT2D eigenvalue weighted by Crippen LogP contribution is -2.22. The maximum atomic E-state index is 13.1. The average Bonchev–Trinajstić information content (AvgIpc) is 2.35. The molecule has 0 saturated heterocycles. The number of hydrogen-bond acceptors (Lipinski definition) is 6. The number of halogens is 1. The van der Waals surface area contributed by atoms with Crippen LogP contribution in [0.3, 0.4) is 0 Å². The molecule has 8 heteroatoms. The molecule has 0 aliphatic heterocycles. The quantitative estimate of drug-likeness (QED) is 0.681. The zero-order valence-corrected chi connectivity index (χ0v) is 10.7. The smallest absolute Gasteiger partial charge is 0.340 e. The fourth-order valence-electron chi connectivity index (χ4n) is 1.29. The number of pyridine rings is 1. The highest BCUT2D eigenvalue weighted by Crippen LogP contribution is 2.21. The van der Waals surface area contributed by atoms with E-state index in [9.17, 15) is 24.2 Å². The summed E-state index contributed by atoms with van der Waals surface area (Å²) in [5.74, 6) is -2.75. The van der Waals surface area contributed by atoms with Gasteiger partial charge in [-0.2, -0.15) is 4.39 Å². The van der Waals surface area contributed by atoms with E-state index in [1.54, 1.807) is 0 Å². The second-order valence-electron chi connectivity index (χ2n) is 3.73. The van der Waals surface area contributed by atoms with Crippen molar-refractivity contribution in [2.24, 2.45) is 0 Å². The number of carbonyl (C=O) groups is 2. The zero-order chi connectivity index (χ0) is 14.6. The van der Waals surface area contributed by atoms with Crippen LogP contribution in [0.2, 0.25) is 0 Å². The molecule has 1 aromatic rings. The van der Waals surface area contributed by atoms with Crippen LogP contribution in [0.15, 0.2) is 12.3 Å². The van der Waals surface area contributed by atoms with Crippen molar-refractivity contribution in [1.82, 2.24) is 4.98 Å². The molecular formula is C11H12FNO5S. The Morgan fingerprint density at radius 2 is 2.11 bits per heavy atom. The van der Waals surface area contributed by atoms with Crippen LogP contribution >= 0.6 is 11.8 Å². The minimum atomic E-state index is -1.52. The fourth-order valence-corrected chi connectivity index (χ4v) is 1.88. The molecule has 2 unspecified atom stereocenters. The number of hydrogen-bond donors (Lipinski definition) is 3. The zero-order valence-electron chi connectivity index (χ0n) is 9.91. The van der Waals surface area contributed by atoms with Crippen LogP contribution in [-0.2, 0) is 4.79 Å². The molecule has 3 N–H and O–H groups in total. The Kier molecular flexibility index (Phi) is 5.40. The van der Waals surface area contributed by atoms with Gasteiger partial charge in [-0.15, -0.1) is 0 Å². The molecule has 0 radical (unpaired) electrons. The SMILES string of the molecule is CC(=O)SCC(O)C(O)c1cnc(F)c(C(=O)O)c1. The van der Waals surface area contributed by atoms with Gasteiger partial charge in [0, 0.05) is 24.4 Å². The van der Waals surface area contributed by atoms with E-state index in [-0.39, 0.29) is 16.4 Å². The van der Waals surface area contributed by atoms with Gasteiger partial charge in [0.25, 0.3) is 0 Å². The maximum absolute atomic E-state index is 13.1. The molecule has 0 amide bonds. The third-order valence-corrected chi connectivity index (χ3v) is 3.17. The number of aliphatic hydroxyl groups excluding tert-OH is 2. The molecule has 0 fully saturated rings. The van der Waals surface area contributed by atoms with Gasteiger partial charge in [0.05, 0.1) is 6.10 Å². The molecule has 1 aromatic heterocycles. The first-order valence-electron chi connectivity index (χ1n) is 5.21. The summed E-state index contributed by atoms with van der Waals surface area (Å²) in [4.78, 5) is 24.6. The largest absolute Gasteiger partial charge is 0.478 e. The average molecular weight is 289 g/mol. The normalized spacial score (nSPS) is 13.9. The first-order chi connectivity index (χ1) is 8.82. The first kappa shape index (κ1) is 15.5. The van der Waals surface area contributed by atoms with Crippen molar-refractivity contribution in [2.45, 2.75) is 19.1 Å². The summed E-state index contributed by atoms with van der Waals surface area (Å²) in [7, 11) is 0. The molecular weight excluding hydrogens is 277 g/mol. The summed E-state index contributed by atoms with van der Waals surface area (Å²) >= 11 is 0.816. The van der Waals surface area contributed by atoms with Crippen molar-refractivity contribution in [2.75, 3.05) is 5.75 Å². The van der Waals surface area contributed by atoms with Crippen LogP contribution in [0.5, 0.6) is 0 Å². The van der Waals surface area contributed by atoms with Crippen LogP contribution in [-0.4, -0.2) is 43.2 Å². The van der Waals surface area contributed by atoms with Crippen molar-refractivity contribution < 1.29 is 29.3 Å². The van der Waals surface area contributed by atoms with Crippen molar-refractivity contribution in [3.63, 3.8) is 0 Å². The Morgan fingerprint density at radius 1 is 1.47 bits per heavy atom. The molecule has 0 aliphatic carbocycles. The van der Waals surface area contributed by atoms with Gasteiger partial charge in [-0.1, -0.05) is 11.8 Å². The molecule has 1 heterocycles. The number of rotatable bonds is 5. The van der Waals surface area contributed by atoms with Crippen molar-refractivity contribution in [3.05, 3.63) is 29.3 Å². The minimum absolute atomic E-state index is 0.0320. The van der Waals surface area contributed by atoms with E-state index in [1.165, 1.54) is 6.92 Å². The molecule has 0 aliphatic rings. The maximum Gasteiger partial charge on any atom is 0.340 e. The van der Waals surface area contributed by atoms with E-state index >= 15 is 0 Å². The van der Waals surface area contributed by atoms with E-state index in [2.05, 4.69) is 4.98 Å². The number of nitrogens with zero attached hydrogens (tertiary/aromatic N) is 1. The van der Waals surface area contributed by atoms with Gasteiger partial charge >= 0.3 is 5.97 Å². The van der Waals surface area contributed by atoms with E-state index in [0.717, 1.165) is 24.0 Å². The lowest BCUT2D eigenvalue weighted by atomic mass is 10.1. The second kappa shape index (κ2) is 6.60. The van der Waals surface area contributed by atoms with Crippen LogP contribution in [0.25, 0.3) is 0 Å². The third-order valence-electron chi connectivity index (χ3n) is 2.25. The second-order valence-corrected chi connectivity index (χ2v) is 4.92. The van der Waals surface area contributed by atoms with E-state index in [1.807, 2.05) is 0 Å². The Hall–Kier alpha value is -1.51. The summed E-state index contributed by atoms with van der Waals surface area (Å²) in [6, 6.07) is 0.900. The van der Waals surface area contributed by atoms with Gasteiger partial charge in [-0.25, -0.2) is 9.78 Å².